The average molecular weight is 319 g/mol. The third kappa shape index (κ3) is 2.06. The van der Waals surface area contributed by atoms with Crippen molar-refractivity contribution in [2.45, 2.75) is 37.5 Å². The number of carbonyl (C=O) groups excluding carboxylic acids is 2. The highest BCUT2D eigenvalue weighted by molar-refractivity contribution is 6.10. The minimum Gasteiger partial charge on any atom is -0.464 e. The first kappa shape index (κ1) is 13.8. The van der Waals surface area contributed by atoms with Crippen LogP contribution in [0.3, 0.4) is 0 Å². The fraction of sp³-hybridized carbons (Fsp3) is 0.300. The average Bonchev–Trinajstić information content (AvgIpc) is 3.34. The maximum absolute atomic E-state index is 12.3. The second kappa shape index (κ2) is 4.94. The summed E-state index contributed by atoms with van der Waals surface area (Å²) in [6.45, 7) is 0. The second-order valence-corrected chi connectivity index (χ2v) is 6.89. The smallest absolute Gasteiger partial charge is 0.234 e. The summed E-state index contributed by atoms with van der Waals surface area (Å²) < 4.78 is 5.71. The molecular formula is C20H17NO3. The van der Waals surface area contributed by atoms with E-state index in [2.05, 4.69) is 29.6 Å². The standard InChI is InChI=1S/C20H17NO3/c22-18-8-6-15(20(23)21-18)16-10-24-17-7-4-13-9-12(11-1-2-11)3-5-14(13)19(16)17/h3-5,7,9-11,15H,1-2,6,8H2,(H,21,22,23)/t15-/m1/s1. The molecule has 2 heterocycles. The van der Waals surface area contributed by atoms with Crippen LogP contribution < -0.4 is 5.32 Å². The molecule has 1 aliphatic heterocycles. The molecule has 0 spiro atoms. The molecule has 1 N–H and O–H groups in total. The van der Waals surface area contributed by atoms with E-state index in [0.717, 1.165) is 21.9 Å². The third-order valence-corrected chi connectivity index (χ3v) is 5.27. The minimum absolute atomic E-state index is 0.192. The molecule has 2 aromatic carbocycles. The van der Waals surface area contributed by atoms with Crippen LogP contribution in [0.15, 0.2) is 41.0 Å². The second-order valence-electron chi connectivity index (χ2n) is 6.89. The minimum atomic E-state index is -0.322. The molecule has 2 amide bonds. The predicted octanol–water partition coefficient (Wildman–Crippen LogP) is 3.98. The molecule has 0 unspecified atom stereocenters. The Hall–Kier alpha value is -2.62. The number of furan rings is 1. The van der Waals surface area contributed by atoms with Crippen molar-refractivity contribution in [3.63, 3.8) is 0 Å². The van der Waals surface area contributed by atoms with E-state index in [1.165, 1.54) is 23.8 Å². The molecule has 2 fully saturated rings. The fourth-order valence-electron chi connectivity index (χ4n) is 3.83. The van der Waals surface area contributed by atoms with Crippen LogP contribution in [0.1, 0.15) is 48.6 Å². The zero-order chi connectivity index (χ0) is 16.3. The molecule has 120 valence electrons. The molecule has 5 rings (SSSR count). The van der Waals surface area contributed by atoms with Crippen molar-refractivity contribution in [3.05, 3.63) is 47.7 Å². The third-order valence-electron chi connectivity index (χ3n) is 5.27. The van der Waals surface area contributed by atoms with Crippen molar-refractivity contribution >= 4 is 33.6 Å². The summed E-state index contributed by atoms with van der Waals surface area (Å²) in [5, 5.41) is 5.75. The number of nitrogens with one attached hydrogen (secondary N) is 1. The molecule has 0 bridgehead atoms. The molecule has 1 atom stereocenters. The van der Waals surface area contributed by atoms with Gasteiger partial charge in [0, 0.05) is 17.4 Å². The topological polar surface area (TPSA) is 59.3 Å². The Morgan fingerprint density at radius 2 is 1.92 bits per heavy atom. The Morgan fingerprint density at radius 1 is 1.04 bits per heavy atom. The van der Waals surface area contributed by atoms with E-state index in [-0.39, 0.29) is 17.7 Å². The number of imide groups is 1. The lowest BCUT2D eigenvalue weighted by Crippen LogP contribution is -2.39. The van der Waals surface area contributed by atoms with E-state index in [1.54, 1.807) is 6.26 Å². The number of amides is 2. The molecule has 1 saturated carbocycles. The van der Waals surface area contributed by atoms with Gasteiger partial charge in [0.1, 0.15) is 5.58 Å². The summed E-state index contributed by atoms with van der Waals surface area (Å²) in [5.41, 5.74) is 3.08. The van der Waals surface area contributed by atoms with Crippen LogP contribution in [0.25, 0.3) is 21.7 Å². The van der Waals surface area contributed by atoms with Gasteiger partial charge in [-0.05, 0) is 47.6 Å². The highest BCUT2D eigenvalue weighted by Gasteiger charge is 2.31. The van der Waals surface area contributed by atoms with Gasteiger partial charge in [0.15, 0.2) is 0 Å². The Labute approximate surface area is 138 Å². The molecule has 3 aromatic rings. The number of hydrogen-bond acceptors (Lipinski definition) is 3. The Kier molecular flexibility index (Phi) is 2.84. The van der Waals surface area contributed by atoms with E-state index >= 15 is 0 Å². The van der Waals surface area contributed by atoms with Crippen LogP contribution in [0, 0.1) is 0 Å². The van der Waals surface area contributed by atoms with Crippen LogP contribution in [0.4, 0.5) is 0 Å². The van der Waals surface area contributed by atoms with Gasteiger partial charge >= 0.3 is 0 Å². The van der Waals surface area contributed by atoms with Crippen LogP contribution in [-0.4, -0.2) is 11.8 Å². The van der Waals surface area contributed by atoms with Crippen LogP contribution >= 0.6 is 0 Å². The van der Waals surface area contributed by atoms with Gasteiger partial charge in [-0.25, -0.2) is 0 Å². The monoisotopic (exact) mass is 319 g/mol. The molecule has 1 aromatic heterocycles. The zero-order valence-corrected chi connectivity index (χ0v) is 13.2. The summed E-state index contributed by atoms with van der Waals surface area (Å²) in [7, 11) is 0. The first-order chi connectivity index (χ1) is 11.7. The van der Waals surface area contributed by atoms with Crippen molar-refractivity contribution in [1.82, 2.24) is 5.32 Å². The number of rotatable bonds is 2. The van der Waals surface area contributed by atoms with Crippen molar-refractivity contribution < 1.29 is 14.0 Å². The lowest BCUT2D eigenvalue weighted by molar-refractivity contribution is -0.134. The first-order valence-corrected chi connectivity index (χ1v) is 8.48. The number of fused-ring (bicyclic) bond motifs is 3. The summed E-state index contributed by atoms with van der Waals surface area (Å²) in [4.78, 5) is 23.7. The van der Waals surface area contributed by atoms with E-state index < -0.39 is 0 Å². The van der Waals surface area contributed by atoms with Crippen molar-refractivity contribution in [3.8, 4) is 0 Å². The van der Waals surface area contributed by atoms with Crippen molar-refractivity contribution in [1.29, 1.82) is 0 Å². The number of benzene rings is 2. The van der Waals surface area contributed by atoms with Crippen LogP contribution in [0.2, 0.25) is 0 Å². The van der Waals surface area contributed by atoms with E-state index in [0.29, 0.717) is 18.8 Å². The molecule has 24 heavy (non-hydrogen) atoms. The van der Waals surface area contributed by atoms with E-state index in [1.807, 2.05) is 6.07 Å². The number of carbonyl (C=O) groups is 2. The molecule has 1 aliphatic carbocycles. The normalized spacial score (nSPS) is 21.4. The highest BCUT2D eigenvalue weighted by atomic mass is 16.3. The van der Waals surface area contributed by atoms with E-state index in [4.69, 9.17) is 4.42 Å². The first-order valence-electron chi connectivity index (χ1n) is 8.48. The molecule has 4 nitrogen and oxygen atoms in total. The Balaban J connectivity index is 1.69. The maximum atomic E-state index is 12.3. The fourth-order valence-corrected chi connectivity index (χ4v) is 3.83. The lowest BCUT2D eigenvalue weighted by Gasteiger charge is -2.20. The molecule has 2 aliphatic rings. The number of hydrogen-bond donors (Lipinski definition) is 1. The summed E-state index contributed by atoms with van der Waals surface area (Å²) in [6.07, 6.45) is 5.15. The van der Waals surface area contributed by atoms with Crippen LogP contribution in [0.5, 0.6) is 0 Å². The largest absolute Gasteiger partial charge is 0.464 e. The summed E-state index contributed by atoms with van der Waals surface area (Å²) in [5.74, 6) is -0.0229. The quantitative estimate of drug-likeness (QED) is 0.727. The maximum Gasteiger partial charge on any atom is 0.234 e. The van der Waals surface area contributed by atoms with Gasteiger partial charge in [0.25, 0.3) is 0 Å². The molecule has 1 saturated heterocycles. The molecule has 4 heteroatoms. The molecule has 0 radical (unpaired) electrons. The van der Waals surface area contributed by atoms with Gasteiger partial charge in [0.2, 0.25) is 11.8 Å². The van der Waals surface area contributed by atoms with E-state index in [9.17, 15) is 9.59 Å². The molecular weight excluding hydrogens is 302 g/mol. The predicted molar refractivity (Wildman–Crippen MR) is 90.8 cm³/mol. The summed E-state index contributed by atoms with van der Waals surface area (Å²) >= 11 is 0. The van der Waals surface area contributed by atoms with Gasteiger partial charge in [-0.15, -0.1) is 0 Å². The van der Waals surface area contributed by atoms with Gasteiger partial charge in [-0.3, -0.25) is 14.9 Å². The number of piperidine rings is 1. The SMILES string of the molecule is O=C1CC[C@H](c2coc3ccc4cc(C5CC5)ccc4c23)C(=O)N1. The van der Waals surface area contributed by atoms with Crippen molar-refractivity contribution in [2.24, 2.45) is 0 Å². The van der Waals surface area contributed by atoms with Gasteiger partial charge in [0.05, 0.1) is 12.2 Å². The van der Waals surface area contributed by atoms with Crippen molar-refractivity contribution in [2.75, 3.05) is 0 Å². The van der Waals surface area contributed by atoms with Gasteiger partial charge < -0.3 is 4.42 Å². The van der Waals surface area contributed by atoms with Crippen LogP contribution in [-0.2, 0) is 9.59 Å². The van der Waals surface area contributed by atoms with Gasteiger partial charge in [-0.2, -0.15) is 0 Å². The zero-order valence-electron chi connectivity index (χ0n) is 13.2. The van der Waals surface area contributed by atoms with Gasteiger partial charge in [-0.1, -0.05) is 24.3 Å². The Bertz CT molecular complexity index is 997. The summed E-state index contributed by atoms with van der Waals surface area (Å²) in [6, 6.07) is 10.7. The lowest BCUT2D eigenvalue weighted by atomic mass is 9.88. The Morgan fingerprint density at radius 3 is 2.71 bits per heavy atom. The highest BCUT2D eigenvalue weighted by Crippen LogP contribution is 2.42.